The topological polar surface area (TPSA) is 107 Å². The first-order valence-corrected chi connectivity index (χ1v) is 10.5. The predicted octanol–water partition coefficient (Wildman–Crippen LogP) is 3.05. The quantitative estimate of drug-likeness (QED) is 0.587. The zero-order valence-electron chi connectivity index (χ0n) is 16.5. The molecule has 0 radical (unpaired) electrons. The van der Waals surface area contributed by atoms with Crippen LogP contribution in [-0.2, 0) is 4.79 Å². The van der Waals surface area contributed by atoms with Crippen molar-refractivity contribution in [3.8, 4) is 0 Å². The van der Waals surface area contributed by atoms with E-state index in [4.69, 9.17) is 0 Å². The number of aromatic nitrogens is 2. The van der Waals surface area contributed by atoms with Gasteiger partial charge in [-0.05, 0) is 38.5 Å². The van der Waals surface area contributed by atoms with Crippen molar-refractivity contribution in [2.75, 3.05) is 11.9 Å². The minimum atomic E-state index is -0.358. The Morgan fingerprint density at radius 2 is 2.15 bits per heavy atom. The summed E-state index contributed by atoms with van der Waals surface area (Å²) < 4.78 is 0. The van der Waals surface area contributed by atoms with Gasteiger partial charge in [-0.15, -0.1) is 0 Å². The van der Waals surface area contributed by atoms with E-state index in [0.29, 0.717) is 16.2 Å². The SMILES string of the molecule is CCC(C=Nc1c(C)nc(NC(=O)C(C)C)[nH]c1=O)C[C@H]1CC[C@@H](CO)S1. The molecule has 0 saturated carbocycles. The molecule has 3 atom stereocenters. The minimum absolute atomic E-state index is 0.152. The van der Waals surface area contributed by atoms with E-state index in [9.17, 15) is 14.7 Å². The van der Waals surface area contributed by atoms with Crippen molar-refractivity contribution in [1.29, 1.82) is 0 Å². The van der Waals surface area contributed by atoms with Crippen molar-refractivity contribution in [1.82, 2.24) is 9.97 Å². The fraction of sp³-hybridized carbons (Fsp3) is 0.684. The molecule has 0 aliphatic carbocycles. The summed E-state index contributed by atoms with van der Waals surface area (Å²) in [6, 6.07) is 0. The Balaban J connectivity index is 2.06. The summed E-state index contributed by atoms with van der Waals surface area (Å²) in [5.74, 6) is 0.0336. The van der Waals surface area contributed by atoms with E-state index in [1.807, 2.05) is 18.0 Å². The predicted molar refractivity (Wildman–Crippen MR) is 111 cm³/mol. The second-order valence-corrected chi connectivity index (χ2v) is 8.92. The Hall–Kier alpha value is -1.67. The Bertz CT molecular complexity index is 732. The number of H-pyrrole nitrogens is 1. The lowest BCUT2D eigenvalue weighted by molar-refractivity contribution is -0.118. The van der Waals surface area contributed by atoms with Gasteiger partial charge in [0.25, 0.3) is 5.56 Å². The first kappa shape index (κ1) is 21.6. The van der Waals surface area contributed by atoms with Gasteiger partial charge in [0.1, 0.15) is 5.69 Å². The summed E-state index contributed by atoms with van der Waals surface area (Å²) in [4.78, 5) is 35.4. The number of amides is 1. The van der Waals surface area contributed by atoms with Crippen LogP contribution in [0.2, 0.25) is 0 Å². The largest absolute Gasteiger partial charge is 0.395 e. The second-order valence-electron chi connectivity index (χ2n) is 7.31. The van der Waals surface area contributed by atoms with Gasteiger partial charge in [0.2, 0.25) is 11.9 Å². The summed E-state index contributed by atoms with van der Waals surface area (Å²) in [7, 11) is 0. The van der Waals surface area contributed by atoms with Crippen LogP contribution in [0, 0.1) is 18.8 Å². The normalized spacial score (nSPS) is 21.1. The number of thioether (sulfide) groups is 1. The molecule has 2 rings (SSSR count). The van der Waals surface area contributed by atoms with Gasteiger partial charge in [-0.1, -0.05) is 20.8 Å². The summed E-state index contributed by atoms with van der Waals surface area (Å²) in [6.45, 7) is 7.61. The number of nitrogens with one attached hydrogen (secondary N) is 2. The number of carbonyl (C=O) groups is 1. The molecule has 1 aromatic heterocycles. The van der Waals surface area contributed by atoms with Gasteiger partial charge >= 0.3 is 0 Å². The number of aryl methyl sites for hydroxylation is 1. The molecule has 150 valence electrons. The van der Waals surface area contributed by atoms with Crippen molar-refractivity contribution < 1.29 is 9.90 Å². The number of carbonyl (C=O) groups excluding carboxylic acids is 1. The molecule has 1 aromatic rings. The van der Waals surface area contributed by atoms with Gasteiger partial charge in [0, 0.05) is 22.6 Å². The summed E-state index contributed by atoms with van der Waals surface area (Å²) in [6.07, 6.45) is 5.96. The number of hydrogen-bond acceptors (Lipinski definition) is 6. The van der Waals surface area contributed by atoms with Gasteiger partial charge < -0.3 is 5.11 Å². The molecule has 3 N–H and O–H groups in total. The van der Waals surface area contributed by atoms with E-state index in [1.54, 1.807) is 20.8 Å². The zero-order valence-corrected chi connectivity index (χ0v) is 17.3. The highest BCUT2D eigenvalue weighted by Crippen LogP contribution is 2.37. The van der Waals surface area contributed by atoms with Crippen LogP contribution in [0.3, 0.4) is 0 Å². The molecule has 1 amide bonds. The van der Waals surface area contributed by atoms with Crippen molar-refractivity contribution in [3.63, 3.8) is 0 Å². The third-order valence-electron chi connectivity index (χ3n) is 4.74. The highest BCUT2D eigenvalue weighted by atomic mass is 32.2. The zero-order chi connectivity index (χ0) is 20.0. The fourth-order valence-corrected chi connectivity index (χ4v) is 4.52. The molecule has 1 fully saturated rings. The Morgan fingerprint density at radius 1 is 1.44 bits per heavy atom. The molecule has 27 heavy (non-hydrogen) atoms. The van der Waals surface area contributed by atoms with Crippen LogP contribution >= 0.6 is 11.8 Å². The summed E-state index contributed by atoms with van der Waals surface area (Å²) in [5, 5.41) is 12.8. The number of aromatic amines is 1. The molecule has 0 bridgehead atoms. The van der Waals surface area contributed by atoms with Crippen LogP contribution in [0.1, 0.15) is 52.1 Å². The number of aliphatic hydroxyl groups is 1. The molecular formula is C19H30N4O3S. The number of aliphatic hydroxyl groups excluding tert-OH is 1. The molecule has 1 aliphatic rings. The van der Waals surface area contributed by atoms with Crippen LogP contribution in [-0.4, -0.2) is 44.3 Å². The maximum absolute atomic E-state index is 12.3. The number of anilines is 1. The molecule has 8 heteroatoms. The summed E-state index contributed by atoms with van der Waals surface area (Å²) in [5.41, 5.74) is 0.408. The van der Waals surface area contributed by atoms with E-state index in [-0.39, 0.29) is 41.5 Å². The standard InChI is InChI=1S/C19H30N4O3S/c1-5-13(8-14-6-7-15(10-24)27-14)9-20-16-12(4)21-19(23-18(16)26)22-17(25)11(2)3/h9,11,13-15,24H,5-8,10H2,1-4H3,(H2,21,22,23,25,26)/t13?,14-,15+/m1/s1. The Labute approximate surface area is 164 Å². The van der Waals surface area contributed by atoms with Crippen molar-refractivity contribution >= 4 is 35.5 Å². The van der Waals surface area contributed by atoms with Gasteiger partial charge in [0.05, 0.1) is 12.3 Å². The molecular weight excluding hydrogens is 364 g/mol. The van der Waals surface area contributed by atoms with Crippen LogP contribution in [0.25, 0.3) is 0 Å². The molecule has 0 spiro atoms. The van der Waals surface area contributed by atoms with E-state index >= 15 is 0 Å². The van der Waals surface area contributed by atoms with Crippen molar-refractivity contribution in [3.05, 3.63) is 16.0 Å². The molecule has 1 aliphatic heterocycles. The number of nitrogens with zero attached hydrogens (tertiary/aromatic N) is 2. The number of rotatable bonds is 8. The molecule has 7 nitrogen and oxygen atoms in total. The maximum Gasteiger partial charge on any atom is 0.278 e. The average Bonchev–Trinajstić information content (AvgIpc) is 3.07. The minimum Gasteiger partial charge on any atom is -0.395 e. The monoisotopic (exact) mass is 394 g/mol. The Kier molecular flexibility index (Phi) is 8.04. The van der Waals surface area contributed by atoms with Crippen LogP contribution in [0.15, 0.2) is 9.79 Å². The van der Waals surface area contributed by atoms with Crippen LogP contribution < -0.4 is 10.9 Å². The molecule has 0 aromatic carbocycles. The molecule has 2 heterocycles. The highest BCUT2D eigenvalue weighted by molar-refractivity contribution is 8.00. The van der Waals surface area contributed by atoms with Gasteiger partial charge in [-0.2, -0.15) is 11.8 Å². The summed E-state index contributed by atoms with van der Waals surface area (Å²) >= 11 is 1.86. The van der Waals surface area contributed by atoms with Gasteiger partial charge in [0.15, 0.2) is 0 Å². The lowest BCUT2D eigenvalue weighted by atomic mass is 9.99. The fourth-order valence-electron chi connectivity index (χ4n) is 2.99. The molecule has 1 saturated heterocycles. The van der Waals surface area contributed by atoms with E-state index in [2.05, 4.69) is 27.2 Å². The second kappa shape index (κ2) is 10.0. The van der Waals surface area contributed by atoms with E-state index in [1.165, 1.54) is 0 Å². The molecule has 1 unspecified atom stereocenters. The third-order valence-corrected chi connectivity index (χ3v) is 6.32. The van der Waals surface area contributed by atoms with Gasteiger partial charge in [-0.3, -0.25) is 24.9 Å². The Morgan fingerprint density at radius 3 is 2.70 bits per heavy atom. The highest BCUT2D eigenvalue weighted by Gasteiger charge is 2.26. The average molecular weight is 395 g/mol. The van der Waals surface area contributed by atoms with Crippen molar-refractivity contribution in [2.24, 2.45) is 16.8 Å². The van der Waals surface area contributed by atoms with Crippen LogP contribution in [0.5, 0.6) is 0 Å². The lowest BCUT2D eigenvalue weighted by Crippen LogP contribution is -2.22. The third kappa shape index (κ3) is 6.17. The first-order valence-electron chi connectivity index (χ1n) is 9.56. The number of hydrogen-bond donors (Lipinski definition) is 3. The van der Waals surface area contributed by atoms with Crippen molar-refractivity contribution in [2.45, 2.75) is 63.9 Å². The van der Waals surface area contributed by atoms with Crippen LogP contribution in [0.4, 0.5) is 11.6 Å². The van der Waals surface area contributed by atoms with E-state index in [0.717, 1.165) is 25.7 Å². The maximum atomic E-state index is 12.3. The van der Waals surface area contributed by atoms with E-state index < -0.39 is 0 Å². The lowest BCUT2D eigenvalue weighted by Gasteiger charge is -2.15. The smallest absolute Gasteiger partial charge is 0.278 e. The number of aliphatic imine (C=N–C) groups is 1. The van der Waals surface area contributed by atoms with Gasteiger partial charge in [-0.25, -0.2) is 4.98 Å². The first-order chi connectivity index (χ1) is 12.8.